The molecule has 0 aromatic heterocycles. The van der Waals surface area contributed by atoms with E-state index in [1.807, 2.05) is 0 Å². The number of ether oxygens (including phenoxy) is 1. The van der Waals surface area contributed by atoms with Gasteiger partial charge in [-0.25, -0.2) is 0 Å². The smallest absolute Gasteiger partial charge is 0.0465 e. The molecule has 0 rings (SSSR count). The van der Waals surface area contributed by atoms with Gasteiger partial charge in [-0.15, -0.1) is 0 Å². The third-order valence-corrected chi connectivity index (χ3v) is 4.35. The predicted molar refractivity (Wildman–Crippen MR) is 62.5 cm³/mol. The van der Waals surface area contributed by atoms with Gasteiger partial charge in [-0.2, -0.15) is 0 Å². The molecule has 0 N–H and O–H groups in total. The van der Waals surface area contributed by atoms with Crippen molar-refractivity contribution in [1.82, 2.24) is 0 Å². The van der Waals surface area contributed by atoms with Gasteiger partial charge in [-0.3, -0.25) is 0 Å². The largest absolute Gasteiger partial charge is 0.385 e. The van der Waals surface area contributed by atoms with Gasteiger partial charge in [0.1, 0.15) is 0 Å². The molecule has 0 aliphatic carbocycles. The zero-order chi connectivity index (χ0) is 10.3. The van der Waals surface area contributed by atoms with Crippen molar-refractivity contribution in [1.29, 1.82) is 0 Å². The van der Waals surface area contributed by atoms with E-state index < -0.39 is 0 Å². The summed E-state index contributed by atoms with van der Waals surface area (Å²) in [6, 6.07) is 0. The van der Waals surface area contributed by atoms with Crippen molar-refractivity contribution >= 4 is 15.9 Å². The first-order valence-corrected chi connectivity index (χ1v) is 6.27. The highest BCUT2D eigenvalue weighted by Crippen LogP contribution is 2.36. The van der Waals surface area contributed by atoms with Crippen LogP contribution in [0.5, 0.6) is 0 Å². The Labute approximate surface area is 91.4 Å². The van der Waals surface area contributed by atoms with Crippen molar-refractivity contribution in [2.75, 3.05) is 19.0 Å². The van der Waals surface area contributed by atoms with Crippen LogP contribution in [0.3, 0.4) is 0 Å². The lowest BCUT2D eigenvalue weighted by Crippen LogP contribution is -2.28. The molecule has 2 heteroatoms. The van der Waals surface area contributed by atoms with E-state index in [1.165, 1.54) is 19.3 Å². The third-order valence-electron chi connectivity index (χ3n) is 3.07. The van der Waals surface area contributed by atoms with Crippen molar-refractivity contribution in [2.24, 2.45) is 11.3 Å². The summed E-state index contributed by atoms with van der Waals surface area (Å²) in [5, 5.41) is 1.10. The molecule has 0 aromatic carbocycles. The molecule has 0 heterocycles. The zero-order valence-electron chi connectivity index (χ0n) is 9.40. The Bertz CT molecular complexity index is 127. The number of hydrogen-bond donors (Lipinski definition) is 0. The summed E-state index contributed by atoms with van der Waals surface area (Å²) in [5.41, 5.74) is 0.438. The SMILES string of the molecule is CCCC(C)(CBr)C(C)CCOC. The van der Waals surface area contributed by atoms with Gasteiger partial charge < -0.3 is 4.74 Å². The van der Waals surface area contributed by atoms with E-state index in [0.29, 0.717) is 5.41 Å². The average molecular weight is 251 g/mol. The zero-order valence-corrected chi connectivity index (χ0v) is 11.0. The molecular formula is C11H23BrO. The molecule has 0 aliphatic rings. The molecule has 80 valence electrons. The highest BCUT2D eigenvalue weighted by Gasteiger charge is 2.28. The summed E-state index contributed by atoms with van der Waals surface area (Å²) >= 11 is 3.62. The first-order chi connectivity index (χ1) is 6.10. The van der Waals surface area contributed by atoms with Crippen molar-refractivity contribution in [3.05, 3.63) is 0 Å². The second-order valence-corrected chi connectivity index (χ2v) is 4.78. The van der Waals surface area contributed by atoms with Crippen LogP contribution in [0.4, 0.5) is 0 Å². The Morgan fingerprint density at radius 2 is 2.08 bits per heavy atom. The fourth-order valence-electron chi connectivity index (χ4n) is 1.66. The second-order valence-electron chi connectivity index (χ2n) is 4.22. The highest BCUT2D eigenvalue weighted by atomic mass is 79.9. The van der Waals surface area contributed by atoms with Crippen LogP contribution in [0.2, 0.25) is 0 Å². The highest BCUT2D eigenvalue weighted by molar-refractivity contribution is 9.09. The lowest BCUT2D eigenvalue weighted by Gasteiger charge is -2.34. The van der Waals surface area contributed by atoms with Crippen molar-refractivity contribution in [2.45, 2.75) is 40.0 Å². The van der Waals surface area contributed by atoms with Gasteiger partial charge in [0.05, 0.1) is 0 Å². The van der Waals surface area contributed by atoms with Gasteiger partial charge in [-0.1, -0.05) is 43.1 Å². The first kappa shape index (κ1) is 13.4. The third kappa shape index (κ3) is 4.46. The van der Waals surface area contributed by atoms with Crippen molar-refractivity contribution in [3.63, 3.8) is 0 Å². The molecule has 0 spiro atoms. The van der Waals surface area contributed by atoms with Gasteiger partial charge in [0, 0.05) is 19.0 Å². The van der Waals surface area contributed by atoms with Gasteiger partial charge in [0.15, 0.2) is 0 Å². The molecule has 0 fully saturated rings. The van der Waals surface area contributed by atoms with E-state index in [4.69, 9.17) is 4.74 Å². The Kier molecular flexibility index (Phi) is 7.06. The van der Waals surface area contributed by atoms with E-state index >= 15 is 0 Å². The van der Waals surface area contributed by atoms with Crippen LogP contribution in [0.25, 0.3) is 0 Å². The summed E-state index contributed by atoms with van der Waals surface area (Å²) in [6.07, 6.45) is 3.72. The molecule has 0 amide bonds. The number of methoxy groups -OCH3 is 1. The summed E-state index contributed by atoms with van der Waals surface area (Å²) < 4.78 is 5.11. The summed E-state index contributed by atoms with van der Waals surface area (Å²) in [7, 11) is 1.78. The Morgan fingerprint density at radius 3 is 2.46 bits per heavy atom. The molecule has 0 aliphatic heterocycles. The Hall–Kier alpha value is 0.440. The van der Waals surface area contributed by atoms with Crippen LogP contribution in [0.15, 0.2) is 0 Å². The molecule has 1 nitrogen and oxygen atoms in total. The van der Waals surface area contributed by atoms with E-state index in [-0.39, 0.29) is 0 Å². The fraction of sp³-hybridized carbons (Fsp3) is 1.00. The molecule has 0 aromatic rings. The summed E-state index contributed by atoms with van der Waals surface area (Å²) in [6.45, 7) is 7.83. The van der Waals surface area contributed by atoms with Crippen LogP contribution in [0.1, 0.15) is 40.0 Å². The minimum absolute atomic E-state index is 0.438. The average Bonchev–Trinajstić information content (AvgIpc) is 2.14. The molecule has 2 unspecified atom stereocenters. The second kappa shape index (κ2) is 6.83. The van der Waals surface area contributed by atoms with Gasteiger partial charge in [0.2, 0.25) is 0 Å². The van der Waals surface area contributed by atoms with Gasteiger partial charge in [-0.05, 0) is 24.2 Å². The van der Waals surface area contributed by atoms with E-state index in [2.05, 4.69) is 36.7 Å². The normalized spacial score (nSPS) is 18.2. The maximum absolute atomic E-state index is 5.11. The molecular weight excluding hydrogens is 228 g/mol. The Balaban J connectivity index is 4.03. The minimum Gasteiger partial charge on any atom is -0.385 e. The molecule has 13 heavy (non-hydrogen) atoms. The van der Waals surface area contributed by atoms with Gasteiger partial charge >= 0.3 is 0 Å². The van der Waals surface area contributed by atoms with Crippen LogP contribution >= 0.6 is 15.9 Å². The van der Waals surface area contributed by atoms with Crippen LogP contribution in [-0.4, -0.2) is 19.0 Å². The number of rotatable bonds is 7. The van der Waals surface area contributed by atoms with E-state index in [9.17, 15) is 0 Å². The minimum atomic E-state index is 0.438. The van der Waals surface area contributed by atoms with Gasteiger partial charge in [0.25, 0.3) is 0 Å². The number of halogens is 1. The molecule has 0 bridgehead atoms. The lowest BCUT2D eigenvalue weighted by atomic mass is 9.75. The van der Waals surface area contributed by atoms with Crippen LogP contribution < -0.4 is 0 Å². The Morgan fingerprint density at radius 1 is 1.46 bits per heavy atom. The molecule has 0 saturated carbocycles. The molecule has 0 saturated heterocycles. The quantitative estimate of drug-likeness (QED) is 0.624. The maximum Gasteiger partial charge on any atom is 0.0465 e. The molecule has 2 atom stereocenters. The molecule has 0 radical (unpaired) electrons. The standard InChI is InChI=1S/C11H23BrO/c1-5-7-11(3,9-12)10(2)6-8-13-4/h10H,5-9H2,1-4H3. The van der Waals surface area contributed by atoms with E-state index in [0.717, 1.165) is 17.9 Å². The van der Waals surface area contributed by atoms with Crippen LogP contribution in [-0.2, 0) is 4.74 Å². The lowest BCUT2D eigenvalue weighted by molar-refractivity contribution is 0.133. The summed E-state index contributed by atoms with van der Waals surface area (Å²) in [5.74, 6) is 0.728. The van der Waals surface area contributed by atoms with Crippen LogP contribution in [0, 0.1) is 11.3 Å². The number of alkyl halides is 1. The maximum atomic E-state index is 5.11. The predicted octanol–water partition coefficient (Wildman–Crippen LogP) is 3.86. The van der Waals surface area contributed by atoms with Crippen molar-refractivity contribution < 1.29 is 4.74 Å². The van der Waals surface area contributed by atoms with Crippen molar-refractivity contribution in [3.8, 4) is 0 Å². The summed E-state index contributed by atoms with van der Waals surface area (Å²) in [4.78, 5) is 0. The fourth-order valence-corrected chi connectivity index (χ4v) is 2.49. The topological polar surface area (TPSA) is 9.23 Å². The monoisotopic (exact) mass is 250 g/mol. The first-order valence-electron chi connectivity index (χ1n) is 5.15. The van der Waals surface area contributed by atoms with E-state index in [1.54, 1.807) is 7.11 Å². The number of hydrogen-bond acceptors (Lipinski definition) is 1.